The highest BCUT2D eigenvalue weighted by Gasteiger charge is 2.14. The van der Waals surface area contributed by atoms with Crippen molar-refractivity contribution < 1.29 is 8.78 Å². The average molecular weight is 296 g/mol. The topological polar surface area (TPSA) is 26.0 Å². The van der Waals surface area contributed by atoms with E-state index in [1.54, 1.807) is 24.3 Å². The van der Waals surface area contributed by atoms with Gasteiger partial charge in [0.25, 0.3) is 0 Å². The van der Waals surface area contributed by atoms with E-state index in [-0.39, 0.29) is 17.6 Å². The van der Waals surface area contributed by atoms with Crippen molar-refractivity contribution in [3.05, 3.63) is 70.2 Å². The Morgan fingerprint density at radius 3 is 2.30 bits per heavy atom. The molecule has 0 bridgehead atoms. The summed E-state index contributed by atoms with van der Waals surface area (Å²) in [6.07, 6.45) is 0.923. The minimum absolute atomic E-state index is 0.0279. The van der Waals surface area contributed by atoms with Crippen LogP contribution in [0.5, 0.6) is 0 Å². The van der Waals surface area contributed by atoms with Gasteiger partial charge in [-0.05, 0) is 60.7 Å². The van der Waals surface area contributed by atoms with Gasteiger partial charge in [-0.2, -0.15) is 0 Å². The predicted molar refractivity (Wildman–Crippen MR) is 77.8 cm³/mol. The summed E-state index contributed by atoms with van der Waals surface area (Å²) < 4.78 is 27.3. The number of halogens is 3. The van der Waals surface area contributed by atoms with E-state index in [0.29, 0.717) is 35.5 Å². The molecule has 0 aromatic heterocycles. The summed E-state index contributed by atoms with van der Waals surface area (Å²) in [6, 6.07) is 11.0. The molecule has 106 valence electrons. The molecule has 1 unspecified atom stereocenters. The van der Waals surface area contributed by atoms with Crippen LogP contribution in [0.1, 0.15) is 11.1 Å². The molecule has 0 saturated carbocycles. The van der Waals surface area contributed by atoms with Gasteiger partial charge < -0.3 is 5.73 Å². The van der Waals surface area contributed by atoms with Gasteiger partial charge in [0, 0.05) is 5.02 Å². The second-order valence-corrected chi connectivity index (χ2v) is 5.27. The van der Waals surface area contributed by atoms with Crippen molar-refractivity contribution in [3.8, 4) is 0 Å². The molecule has 0 spiro atoms. The molecule has 0 amide bonds. The third-order valence-corrected chi connectivity index (χ3v) is 3.55. The highest BCUT2D eigenvalue weighted by atomic mass is 35.5. The summed E-state index contributed by atoms with van der Waals surface area (Å²) in [7, 11) is 0. The van der Waals surface area contributed by atoms with E-state index in [4.69, 9.17) is 17.3 Å². The van der Waals surface area contributed by atoms with Crippen molar-refractivity contribution in [1.29, 1.82) is 0 Å². The smallest absolute Gasteiger partial charge is 0.126 e. The first-order valence-corrected chi connectivity index (χ1v) is 6.85. The Kier molecular flexibility index (Phi) is 5.10. The van der Waals surface area contributed by atoms with Gasteiger partial charge in [0.05, 0.1) is 0 Å². The first-order chi connectivity index (χ1) is 9.60. The lowest BCUT2D eigenvalue weighted by atomic mass is 9.92. The molecule has 2 aromatic carbocycles. The SMILES string of the molecule is NCC(Cc1ccccc1F)Cc1cc(Cl)ccc1F. The number of rotatable bonds is 5. The van der Waals surface area contributed by atoms with Gasteiger partial charge >= 0.3 is 0 Å². The first-order valence-electron chi connectivity index (χ1n) is 6.47. The average Bonchev–Trinajstić information content (AvgIpc) is 2.44. The lowest BCUT2D eigenvalue weighted by Gasteiger charge is -2.16. The highest BCUT2D eigenvalue weighted by molar-refractivity contribution is 6.30. The van der Waals surface area contributed by atoms with Gasteiger partial charge in [0.2, 0.25) is 0 Å². The van der Waals surface area contributed by atoms with Gasteiger partial charge in [0.15, 0.2) is 0 Å². The third kappa shape index (κ3) is 3.78. The number of nitrogens with two attached hydrogens (primary N) is 1. The molecule has 20 heavy (non-hydrogen) atoms. The number of hydrogen-bond acceptors (Lipinski definition) is 1. The summed E-state index contributed by atoms with van der Waals surface area (Å²) in [5.74, 6) is -0.584. The highest BCUT2D eigenvalue weighted by Crippen LogP contribution is 2.21. The third-order valence-electron chi connectivity index (χ3n) is 3.32. The molecule has 0 fully saturated rings. The second kappa shape index (κ2) is 6.82. The Labute approximate surface area is 122 Å². The zero-order valence-corrected chi connectivity index (χ0v) is 11.7. The fraction of sp³-hybridized carbons (Fsp3) is 0.250. The molecular formula is C16H16ClF2N. The van der Waals surface area contributed by atoms with E-state index in [9.17, 15) is 8.78 Å². The molecule has 0 aliphatic heterocycles. The molecule has 2 aromatic rings. The van der Waals surface area contributed by atoms with E-state index in [2.05, 4.69) is 0 Å². The summed E-state index contributed by atoms with van der Waals surface area (Å²) in [5.41, 5.74) is 6.85. The van der Waals surface area contributed by atoms with E-state index in [0.717, 1.165) is 0 Å². The van der Waals surface area contributed by atoms with Gasteiger partial charge in [-0.25, -0.2) is 8.78 Å². The standard InChI is InChI=1S/C16H16ClF2N/c17-14-5-6-16(19)13(9-14)8-11(10-20)7-12-3-1-2-4-15(12)18/h1-6,9,11H,7-8,10,20H2. The van der Waals surface area contributed by atoms with Gasteiger partial charge in [-0.1, -0.05) is 29.8 Å². The Morgan fingerprint density at radius 2 is 1.60 bits per heavy atom. The molecule has 4 heteroatoms. The largest absolute Gasteiger partial charge is 0.330 e. The Hall–Kier alpha value is -1.45. The summed E-state index contributed by atoms with van der Waals surface area (Å²) in [4.78, 5) is 0. The maximum Gasteiger partial charge on any atom is 0.126 e. The second-order valence-electron chi connectivity index (χ2n) is 4.84. The first kappa shape index (κ1) is 14.9. The van der Waals surface area contributed by atoms with Crippen molar-refractivity contribution in [2.24, 2.45) is 11.7 Å². The minimum atomic E-state index is -0.304. The van der Waals surface area contributed by atoms with Crippen LogP contribution in [-0.4, -0.2) is 6.54 Å². The molecule has 1 nitrogen and oxygen atoms in total. The van der Waals surface area contributed by atoms with Crippen LogP contribution in [0.3, 0.4) is 0 Å². The molecule has 0 saturated heterocycles. The quantitative estimate of drug-likeness (QED) is 0.887. The Morgan fingerprint density at radius 1 is 0.950 bits per heavy atom. The normalized spacial score (nSPS) is 12.4. The Balaban J connectivity index is 2.13. The number of benzene rings is 2. The molecule has 1 atom stereocenters. The minimum Gasteiger partial charge on any atom is -0.330 e. The molecule has 0 aliphatic rings. The maximum atomic E-state index is 13.7. The lowest BCUT2D eigenvalue weighted by molar-refractivity contribution is 0.497. The van der Waals surface area contributed by atoms with Crippen LogP contribution >= 0.6 is 11.6 Å². The zero-order valence-electron chi connectivity index (χ0n) is 11.0. The molecule has 2 rings (SSSR count). The van der Waals surface area contributed by atoms with Crippen LogP contribution in [-0.2, 0) is 12.8 Å². The van der Waals surface area contributed by atoms with Crippen LogP contribution in [0.25, 0.3) is 0 Å². The van der Waals surface area contributed by atoms with Gasteiger partial charge in [-0.15, -0.1) is 0 Å². The predicted octanol–water partition coefficient (Wildman–Crippen LogP) is 3.98. The van der Waals surface area contributed by atoms with Crippen LogP contribution < -0.4 is 5.73 Å². The van der Waals surface area contributed by atoms with E-state index in [1.165, 1.54) is 18.2 Å². The van der Waals surface area contributed by atoms with Crippen molar-refractivity contribution in [3.63, 3.8) is 0 Å². The lowest BCUT2D eigenvalue weighted by Crippen LogP contribution is -2.20. The molecule has 0 radical (unpaired) electrons. The Bertz CT molecular complexity index is 586. The monoisotopic (exact) mass is 295 g/mol. The zero-order chi connectivity index (χ0) is 14.5. The van der Waals surface area contributed by atoms with Crippen LogP contribution in [0.2, 0.25) is 5.02 Å². The van der Waals surface area contributed by atoms with E-state index < -0.39 is 0 Å². The van der Waals surface area contributed by atoms with Gasteiger partial charge in [-0.3, -0.25) is 0 Å². The van der Waals surface area contributed by atoms with E-state index in [1.807, 2.05) is 0 Å². The molecule has 2 N–H and O–H groups in total. The van der Waals surface area contributed by atoms with E-state index >= 15 is 0 Å². The number of hydrogen-bond donors (Lipinski definition) is 1. The molecule has 0 aliphatic carbocycles. The van der Waals surface area contributed by atoms with Crippen molar-refractivity contribution in [1.82, 2.24) is 0 Å². The van der Waals surface area contributed by atoms with Crippen LogP contribution in [0.15, 0.2) is 42.5 Å². The fourth-order valence-electron chi connectivity index (χ4n) is 2.22. The van der Waals surface area contributed by atoms with Crippen molar-refractivity contribution in [2.45, 2.75) is 12.8 Å². The summed E-state index contributed by atoms with van der Waals surface area (Å²) in [5, 5.41) is 0.489. The summed E-state index contributed by atoms with van der Waals surface area (Å²) >= 11 is 5.87. The van der Waals surface area contributed by atoms with Crippen LogP contribution in [0.4, 0.5) is 8.78 Å². The van der Waals surface area contributed by atoms with Crippen LogP contribution in [0, 0.1) is 17.6 Å². The van der Waals surface area contributed by atoms with Crippen molar-refractivity contribution >= 4 is 11.6 Å². The summed E-state index contributed by atoms with van der Waals surface area (Å²) in [6.45, 7) is 0.361. The maximum absolute atomic E-state index is 13.7. The fourth-order valence-corrected chi connectivity index (χ4v) is 2.42. The molecular weight excluding hydrogens is 280 g/mol. The van der Waals surface area contributed by atoms with Crippen molar-refractivity contribution in [2.75, 3.05) is 6.54 Å². The van der Waals surface area contributed by atoms with Gasteiger partial charge in [0.1, 0.15) is 11.6 Å². The molecule has 0 heterocycles.